The van der Waals surface area contributed by atoms with Gasteiger partial charge in [-0.1, -0.05) is 10.3 Å². The van der Waals surface area contributed by atoms with Crippen LogP contribution in [0.4, 0.5) is 4.39 Å². The number of ether oxygens (including phenoxy) is 1. The number of alkyl halides is 1. The molecule has 4 rings (SSSR count). The summed E-state index contributed by atoms with van der Waals surface area (Å²) in [5.41, 5.74) is -0.356. The van der Waals surface area contributed by atoms with Crippen molar-refractivity contribution < 1.29 is 23.0 Å². The zero-order valence-electron chi connectivity index (χ0n) is 15.5. The van der Waals surface area contributed by atoms with E-state index in [2.05, 4.69) is 15.3 Å². The zero-order valence-corrected chi connectivity index (χ0v) is 15.5. The lowest BCUT2D eigenvalue weighted by Gasteiger charge is -2.19. The maximum atomic E-state index is 15.4. The predicted molar refractivity (Wildman–Crippen MR) is 90.8 cm³/mol. The molecule has 2 aliphatic heterocycles. The molecule has 2 aliphatic rings. The van der Waals surface area contributed by atoms with Gasteiger partial charge in [0, 0.05) is 37.7 Å². The molecule has 0 bridgehead atoms. The SMILES string of the molecule is Cc1noc(C)c1CC(=O)N1CCC(F)(c2nc(C3CCOCC3)no2)C1. The number of aryl methyl sites for hydroxylation is 2. The Bertz CT molecular complexity index is 810. The molecule has 8 nitrogen and oxygen atoms in total. The fraction of sp³-hybridized carbons (Fsp3) is 0.667. The van der Waals surface area contributed by atoms with E-state index in [4.69, 9.17) is 13.8 Å². The Morgan fingerprint density at radius 1 is 1.26 bits per heavy atom. The van der Waals surface area contributed by atoms with Crippen molar-refractivity contribution in [1.82, 2.24) is 20.2 Å². The van der Waals surface area contributed by atoms with Gasteiger partial charge in [0.2, 0.25) is 11.6 Å². The van der Waals surface area contributed by atoms with Crippen molar-refractivity contribution in [2.24, 2.45) is 0 Å². The van der Waals surface area contributed by atoms with Gasteiger partial charge in [-0.25, -0.2) is 4.39 Å². The van der Waals surface area contributed by atoms with Crippen LogP contribution in [0.3, 0.4) is 0 Å². The highest BCUT2D eigenvalue weighted by Gasteiger charge is 2.46. The van der Waals surface area contributed by atoms with Crippen LogP contribution in [-0.2, 0) is 21.6 Å². The van der Waals surface area contributed by atoms with E-state index in [1.807, 2.05) is 0 Å². The molecule has 9 heteroatoms. The van der Waals surface area contributed by atoms with Gasteiger partial charge < -0.3 is 18.7 Å². The van der Waals surface area contributed by atoms with Gasteiger partial charge in [-0.15, -0.1) is 0 Å². The third-order valence-electron chi connectivity index (χ3n) is 5.49. The van der Waals surface area contributed by atoms with E-state index < -0.39 is 5.67 Å². The van der Waals surface area contributed by atoms with Crippen LogP contribution in [0.2, 0.25) is 0 Å². The molecule has 4 heterocycles. The van der Waals surface area contributed by atoms with E-state index in [1.165, 1.54) is 4.90 Å². The van der Waals surface area contributed by atoms with Gasteiger partial charge in [0.25, 0.3) is 5.89 Å². The van der Waals surface area contributed by atoms with Crippen LogP contribution in [0.1, 0.15) is 53.9 Å². The molecule has 1 amide bonds. The fourth-order valence-electron chi connectivity index (χ4n) is 3.72. The summed E-state index contributed by atoms with van der Waals surface area (Å²) >= 11 is 0. The zero-order chi connectivity index (χ0) is 19.0. The first kappa shape index (κ1) is 18.1. The van der Waals surface area contributed by atoms with Crippen LogP contribution >= 0.6 is 0 Å². The number of aromatic nitrogens is 3. The van der Waals surface area contributed by atoms with Gasteiger partial charge in [0.1, 0.15) is 5.76 Å². The minimum Gasteiger partial charge on any atom is -0.381 e. The Hall–Kier alpha value is -2.29. The Kier molecular flexibility index (Phi) is 4.71. The van der Waals surface area contributed by atoms with E-state index in [0.717, 1.165) is 18.4 Å². The number of hydrogen-bond donors (Lipinski definition) is 0. The van der Waals surface area contributed by atoms with Crippen LogP contribution in [0, 0.1) is 13.8 Å². The third-order valence-corrected chi connectivity index (χ3v) is 5.49. The highest BCUT2D eigenvalue weighted by molar-refractivity contribution is 5.79. The molecular formula is C18H23FN4O4. The summed E-state index contributed by atoms with van der Waals surface area (Å²) in [6.07, 6.45) is 1.91. The van der Waals surface area contributed by atoms with E-state index in [1.54, 1.807) is 13.8 Å². The van der Waals surface area contributed by atoms with Crippen molar-refractivity contribution in [3.05, 3.63) is 28.7 Å². The van der Waals surface area contributed by atoms with Gasteiger partial charge in [-0.3, -0.25) is 4.79 Å². The molecule has 2 aromatic heterocycles. The largest absolute Gasteiger partial charge is 0.381 e. The molecule has 1 unspecified atom stereocenters. The monoisotopic (exact) mass is 378 g/mol. The number of carbonyl (C=O) groups excluding carboxylic acids is 1. The number of nitrogens with zero attached hydrogens (tertiary/aromatic N) is 4. The van der Waals surface area contributed by atoms with Crippen LogP contribution in [0.15, 0.2) is 9.05 Å². The normalized spacial score (nSPS) is 23.9. The summed E-state index contributed by atoms with van der Waals surface area (Å²) in [5.74, 6) is 1.10. The summed E-state index contributed by atoms with van der Waals surface area (Å²) in [6, 6.07) is 0. The smallest absolute Gasteiger partial charge is 0.266 e. The van der Waals surface area contributed by atoms with Crippen molar-refractivity contribution in [1.29, 1.82) is 0 Å². The van der Waals surface area contributed by atoms with E-state index in [0.29, 0.717) is 37.0 Å². The lowest BCUT2D eigenvalue weighted by atomic mass is 9.99. The predicted octanol–water partition coefficient (Wildman–Crippen LogP) is 2.21. The first-order chi connectivity index (χ1) is 13.0. The minimum atomic E-state index is -1.80. The van der Waals surface area contributed by atoms with E-state index >= 15 is 4.39 Å². The minimum absolute atomic E-state index is 0.0309. The molecule has 0 spiro atoms. The van der Waals surface area contributed by atoms with Crippen molar-refractivity contribution in [2.45, 2.75) is 51.1 Å². The molecule has 0 aromatic carbocycles. The Labute approximate surface area is 156 Å². The number of hydrogen-bond acceptors (Lipinski definition) is 7. The highest BCUT2D eigenvalue weighted by Crippen LogP contribution is 2.36. The summed E-state index contributed by atoms with van der Waals surface area (Å²) in [5, 5.41) is 7.83. The second-order valence-corrected chi connectivity index (χ2v) is 7.35. The Morgan fingerprint density at radius 2 is 2.04 bits per heavy atom. The number of amides is 1. The second kappa shape index (κ2) is 7.03. The first-order valence-electron chi connectivity index (χ1n) is 9.26. The average Bonchev–Trinajstić information content (AvgIpc) is 3.39. The third kappa shape index (κ3) is 3.47. The van der Waals surface area contributed by atoms with Crippen LogP contribution in [0.25, 0.3) is 0 Å². The van der Waals surface area contributed by atoms with Gasteiger partial charge >= 0.3 is 0 Å². The highest BCUT2D eigenvalue weighted by atomic mass is 19.1. The number of halogens is 1. The van der Waals surface area contributed by atoms with Gasteiger partial charge in [-0.05, 0) is 26.7 Å². The number of carbonyl (C=O) groups is 1. The maximum Gasteiger partial charge on any atom is 0.266 e. The molecule has 1 atom stereocenters. The van der Waals surface area contributed by atoms with Crippen molar-refractivity contribution in [2.75, 3.05) is 26.3 Å². The van der Waals surface area contributed by atoms with Gasteiger partial charge in [-0.2, -0.15) is 4.98 Å². The van der Waals surface area contributed by atoms with Crippen LogP contribution in [0.5, 0.6) is 0 Å². The second-order valence-electron chi connectivity index (χ2n) is 7.35. The number of likely N-dealkylation sites (tertiary alicyclic amines) is 1. The molecule has 2 saturated heterocycles. The van der Waals surface area contributed by atoms with Crippen molar-refractivity contribution in [3.8, 4) is 0 Å². The molecule has 27 heavy (non-hydrogen) atoms. The molecule has 0 saturated carbocycles. The van der Waals surface area contributed by atoms with E-state index in [-0.39, 0.29) is 37.1 Å². The Morgan fingerprint density at radius 3 is 2.74 bits per heavy atom. The molecule has 0 N–H and O–H groups in total. The standard InChI is InChI=1S/C18H23FN4O4/c1-11-14(12(2)26-21-11)9-15(24)23-6-5-18(19,10-23)17-20-16(22-27-17)13-3-7-25-8-4-13/h13H,3-10H2,1-2H3. The summed E-state index contributed by atoms with van der Waals surface area (Å²) in [6.45, 7) is 5.10. The quantitative estimate of drug-likeness (QED) is 0.805. The summed E-state index contributed by atoms with van der Waals surface area (Å²) in [4.78, 5) is 18.4. The molecular weight excluding hydrogens is 355 g/mol. The molecule has 146 valence electrons. The molecule has 0 radical (unpaired) electrons. The summed E-state index contributed by atoms with van der Waals surface area (Å²) in [7, 11) is 0. The average molecular weight is 378 g/mol. The topological polar surface area (TPSA) is 94.5 Å². The molecule has 2 aromatic rings. The first-order valence-corrected chi connectivity index (χ1v) is 9.26. The van der Waals surface area contributed by atoms with Crippen LogP contribution < -0.4 is 0 Å². The molecule has 0 aliphatic carbocycles. The van der Waals surface area contributed by atoms with Crippen LogP contribution in [-0.4, -0.2) is 52.4 Å². The van der Waals surface area contributed by atoms with Gasteiger partial charge in [0.15, 0.2) is 5.82 Å². The fourth-order valence-corrected chi connectivity index (χ4v) is 3.72. The van der Waals surface area contributed by atoms with Crippen molar-refractivity contribution in [3.63, 3.8) is 0 Å². The molecule has 2 fully saturated rings. The summed E-state index contributed by atoms with van der Waals surface area (Å²) < 4.78 is 31.1. The number of rotatable bonds is 4. The lowest BCUT2D eigenvalue weighted by Crippen LogP contribution is -2.33. The lowest BCUT2D eigenvalue weighted by molar-refractivity contribution is -0.130. The van der Waals surface area contributed by atoms with E-state index in [9.17, 15) is 4.79 Å². The van der Waals surface area contributed by atoms with Crippen molar-refractivity contribution >= 4 is 5.91 Å². The van der Waals surface area contributed by atoms with Gasteiger partial charge in [0.05, 0.1) is 18.7 Å². The Balaban J connectivity index is 1.43. The maximum absolute atomic E-state index is 15.4.